The van der Waals surface area contributed by atoms with E-state index in [2.05, 4.69) is 22.4 Å². The van der Waals surface area contributed by atoms with Crippen LogP contribution in [0.4, 0.5) is 0 Å². The first-order valence-corrected chi connectivity index (χ1v) is 17.6. The van der Waals surface area contributed by atoms with Crippen LogP contribution >= 0.6 is 11.8 Å². The summed E-state index contributed by atoms with van der Waals surface area (Å²) in [7, 11) is -4.64. The second-order valence-electron chi connectivity index (χ2n) is 10.5. The Balaban J connectivity index is 0.00000484. The number of para-hydroxylation sites is 1. The van der Waals surface area contributed by atoms with E-state index in [1.165, 1.54) is 87.4 Å². The van der Waals surface area contributed by atoms with Gasteiger partial charge in [-0.25, -0.2) is 0 Å². The Morgan fingerprint density at radius 3 is 2.05 bits per heavy atom. The number of ketones is 1. The van der Waals surface area contributed by atoms with Crippen LogP contribution in [-0.2, 0) is 10.1 Å². The summed E-state index contributed by atoms with van der Waals surface area (Å²) < 4.78 is 41.3. The molecule has 0 bridgehead atoms. The number of Topliss-reactive ketones (excluding diaryl/α,β-unsaturated/α-hetero) is 1. The molecule has 9 nitrogen and oxygen atoms in total. The minimum absolute atomic E-state index is 0. The zero-order chi connectivity index (χ0) is 30.0. The molecule has 3 aromatic rings. The van der Waals surface area contributed by atoms with Gasteiger partial charge in [-0.15, -0.1) is 5.10 Å². The summed E-state index contributed by atoms with van der Waals surface area (Å²) in [5.74, 6) is -0.294. The Kier molecular flexibility index (Phi) is 19.1. The second kappa shape index (κ2) is 21.6. The van der Waals surface area contributed by atoms with E-state index >= 15 is 0 Å². The maximum absolute atomic E-state index is 13.0. The fourth-order valence-electron chi connectivity index (χ4n) is 4.73. The van der Waals surface area contributed by atoms with E-state index in [9.17, 15) is 17.8 Å². The van der Waals surface area contributed by atoms with Gasteiger partial charge in [0.15, 0.2) is 5.78 Å². The molecule has 232 valence electrons. The third kappa shape index (κ3) is 14.2. The summed E-state index contributed by atoms with van der Waals surface area (Å²) in [6.45, 7) is 2.69. The summed E-state index contributed by atoms with van der Waals surface area (Å²) in [6.07, 6.45) is 17.7. The first-order chi connectivity index (χ1) is 20.4. The number of ether oxygens (including phenoxy) is 1. The third-order valence-electron chi connectivity index (χ3n) is 7.07. The molecular weight excluding hydrogens is 612 g/mol. The third-order valence-corrected chi connectivity index (χ3v) is 8.88. The predicted molar refractivity (Wildman–Crippen MR) is 167 cm³/mol. The number of hydrogen-bond acceptors (Lipinski definition) is 8. The molecule has 0 aliphatic carbocycles. The molecule has 3 rings (SSSR count). The van der Waals surface area contributed by atoms with Crippen molar-refractivity contribution in [1.82, 2.24) is 20.2 Å². The van der Waals surface area contributed by atoms with Crippen LogP contribution in [0, 0.1) is 0 Å². The number of unbranched alkanes of at least 4 members (excludes halogenated alkanes) is 13. The number of nitrogens with zero attached hydrogens (tertiary/aromatic N) is 4. The van der Waals surface area contributed by atoms with Crippen LogP contribution in [0.25, 0.3) is 5.69 Å². The Bertz CT molecular complexity index is 1330. The van der Waals surface area contributed by atoms with Gasteiger partial charge >= 0.3 is 51.4 Å². The monoisotopic (exact) mass is 656 g/mol. The molecule has 0 amide bonds. The van der Waals surface area contributed by atoms with Gasteiger partial charge in [0.05, 0.1) is 18.0 Å². The Morgan fingerprint density at radius 1 is 0.884 bits per heavy atom. The predicted octanol–water partition coefficient (Wildman–Crippen LogP) is 4.86. The number of hydrogen-bond donors (Lipinski definition) is 1. The van der Waals surface area contributed by atoms with Crippen molar-refractivity contribution in [1.29, 1.82) is 0 Å². The van der Waals surface area contributed by atoms with Crippen molar-refractivity contribution in [3.8, 4) is 11.4 Å². The molecule has 0 unspecified atom stereocenters. The molecule has 1 N–H and O–H groups in total. The van der Waals surface area contributed by atoms with E-state index in [-0.39, 0.29) is 64.1 Å². The summed E-state index contributed by atoms with van der Waals surface area (Å²) >= 11 is 1.08. The van der Waals surface area contributed by atoms with Crippen molar-refractivity contribution in [2.24, 2.45) is 0 Å². The van der Waals surface area contributed by atoms with Gasteiger partial charge in [-0.2, -0.15) is 13.1 Å². The average Bonchev–Trinajstić information content (AvgIpc) is 3.46. The van der Waals surface area contributed by atoms with Crippen LogP contribution in [0.15, 0.2) is 58.6 Å². The molecule has 0 aliphatic heterocycles. The molecule has 1 aromatic heterocycles. The molecule has 0 fully saturated rings. The molecule has 1 heterocycles. The van der Waals surface area contributed by atoms with Gasteiger partial charge in [0.2, 0.25) is 5.16 Å². The van der Waals surface area contributed by atoms with Crippen LogP contribution < -0.4 is 56.1 Å². The van der Waals surface area contributed by atoms with Crippen molar-refractivity contribution in [2.75, 3.05) is 12.4 Å². The van der Waals surface area contributed by atoms with E-state index in [1.807, 2.05) is 30.3 Å². The van der Waals surface area contributed by atoms with Gasteiger partial charge in [-0.3, -0.25) is 9.35 Å². The van der Waals surface area contributed by atoms with Crippen molar-refractivity contribution in [2.45, 2.75) is 107 Å². The number of benzene rings is 2. The van der Waals surface area contributed by atoms with E-state index < -0.39 is 20.8 Å². The Morgan fingerprint density at radius 2 is 1.47 bits per heavy atom. The van der Waals surface area contributed by atoms with Gasteiger partial charge in [0.1, 0.15) is 10.6 Å². The first-order valence-electron chi connectivity index (χ1n) is 15.1. The van der Waals surface area contributed by atoms with Crippen molar-refractivity contribution in [3.05, 3.63) is 54.1 Å². The molecule has 0 atom stereocenters. The summed E-state index contributed by atoms with van der Waals surface area (Å²) in [5, 5.41) is 12.0. The number of tetrazole rings is 1. The zero-order valence-corrected chi connectivity index (χ0v) is 30.4. The fraction of sp³-hybridized carbons (Fsp3) is 0.548. The Labute approximate surface area is 305 Å². The first kappa shape index (κ1) is 38.1. The van der Waals surface area contributed by atoms with Crippen molar-refractivity contribution >= 4 is 27.7 Å². The number of aromatic nitrogens is 4. The summed E-state index contributed by atoms with van der Waals surface area (Å²) in [4.78, 5) is 12.5. The SMILES string of the molecule is CCCCCCCCCCCCCCCCOc1ccc(C(=O)CSc2nnnn2-c2ccccc2)c(S(=O)(=O)O)c1.[H-].[K+]. The standard InChI is InChI=1S/C31H44N4O5S2.K.H/c1-2-3-4-5-6-7-8-9-10-11-12-13-14-18-23-40-27-21-22-28(30(24-27)42(37,38)39)29(36)25-41-31-32-33-34-35(31)26-19-16-15-17-20-26;;/h15-17,19-22,24H,2-14,18,23,25H2,1H3,(H,37,38,39);;/q;+1;-1. The van der Waals surface area contributed by atoms with E-state index in [1.54, 1.807) is 6.07 Å². The number of thioether (sulfide) groups is 1. The quantitative estimate of drug-likeness (QED) is 0.0531. The largest absolute Gasteiger partial charge is 1.00 e. The van der Waals surface area contributed by atoms with Crippen molar-refractivity contribution in [3.63, 3.8) is 0 Å². The summed E-state index contributed by atoms with van der Waals surface area (Å²) in [5.41, 5.74) is 0.629. The number of rotatable bonds is 22. The van der Waals surface area contributed by atoms with E-state index in [0.717, 1.165) is 36.7 Å². The van der Waals surface area contributed by atoms with Crippen LogP contribution in [0.1, 0.15) is 109 Å². The molecule has 12 heteroatoms. The summed E-state index contributed by atoms with van der Waals surface area (Å²) in [6, 6.07) is 13.4. The molecule has 0 aliphatic rings. The maximum Gasteiger partial charge on any atom is 1.00 e. The number of carbonyl (C=O) groups excluding carboxylic acids is 1. The van der Waals surface area contributed by atoms with E-state index in [4.69, 9.17) is 4.74 Å². The molecular formula is C31H45KN4O5S2. The van der Waals surface area contributed by atoms with Gasteiger partial charge in [-0.1, -0.05) is 120 Å². The van der Waals surface area contributed by atoms with Crippen LogP contribution in [0.2, 0.25) is 0 Å². The van der Waals surface area contributed by atoms with Gasteiger partial charge in [-0.05, 0) is 41.1 Å². The number of carbonyl (C=O) groups is 1. The fourth-order valence-corrected chi connectivity index (χ4v) is 6.23. The molecule has 0 saturated heterocycles. The molecule has 0 saturated carbocycles. The van der Waals surface area contributed by atoms with Crippen molar-refractivity contribution < 1.29 is 75.3 Å². The minimum Gasteiger partial charge on any atom is -1.00 e. The maximum atomic E-state index is 13.0. The van der Waals surface area contributed by atoms with Crippen LogP contribution in [0.5, 0.6) is 5.75 Å². The molecule has 0 spiro atoms. The van der Waals surface area contributed by atoms with Crippen LogP contribution in [0.3, 0.4) is 0 Å². The Hall–Kier alpha value is -1.12. The van der Waals surface area contributed by atoms with E-state index in [0.29, 0.717) is 17.5 Å². The van der Waals surface area contributed by atoms with Gasteiger partial charge < -0.3 is 6.16 Å². The average molecular weight is 657 g/mol. The smallest absolute Gasteiger partial charge is 1.00 e. The normalized spacial score (nSPS) is 11.3. The van der Waals surface area contributed by atoms with Gasteiger partial charge in [0.25, 0.3) is 10.1 Å². The van der Waals surface area contributed by atoms with Crippen LogP contribution in [-0.4, -0.2) is 51.3 Å². The van der Waals surface area contributed by atoms with Gasteiger partial charge in [0, 0.05) is 11.6 Å². The molecule has 43 heavy (non-hydrogen) atoms. The minimum atomic E-state index is -4.64. The zero-order valence-electron chi connectivity index (χ0n) is 26.6. The topological polar surface area (TPSA) is 124 Å². The molecule has 0 radical (unpaired) electrons. The molecule has 2 aromatic carbocycles. The second-order valence-corrected chi connectivity index (χ2v) is 12.8.